The van der Waals surface area contributed by atoms with E-state index in [0.29, 0.717) is 6.04 Å². The van der Waals surface area contributed by atoms with Gasteiger partial charge in [-0.15, -0.1) is 11.3 Å². The number of thiazole rings is 1. The molecule has 0 saturated heterocycles. The quantitative estimate of drug-likeness (QED) is 0.877. The first-order chi connectivity index (χ1) is 9.82. The van der Waals surface area contributed by atoms with Gasteiger partial charge < -0.3 is 15.4 Å². The second-order valence-corrected chi connectivity index (χ2v) is 7.64. The molecule has 2 rings (SSSR count). The molecule has 1 amide bonds. The van der Waals surface area contributed by atoms with Crippen molar-refractivity contribution in [3.05, 3.63) is 16.1 Å². The fourth-order valence-corrected chi connectivity index (χ4v) is 2.95. The lowest BCUT2D eigenvalue weighted by Gasteiger charge is -2.36. The van der Waals surface area contributed by atoms with Crippen molar-refractivity contribution in [1.29, 1.82) is 0 Å². The van der Waals surface area contributed by atoms with Crippen molar-refractivity contribution in [3.8, 4) is 0 Å². The van der Waals surface area contributed by atoms with Gasteiger partial charge in [0.1, 0.15) is 5.60 Å². The molecule has 1 saturated carbocycles. The standard InChI is InChI=1S/C15H25N3O2S/c1-10-17-11(9-21-10)5-6-16-12-7-13(8-12)18-14(19)20-15(2,3)4/h9,12-13,16H,5-8H2,1-4H3,(H,18,19). The average Bonchev–Trinajstić information content (AvgIpc) is 2.69. The number of hydrogen-bond acceptors (Lipinski definition) is 5. The SMILES string of the molecule is Cc1nc(CCNC2CC(NC(=O)OC(C)(C)C)C2)cs1. The lowest BCUT2D eigenvalue weighted by atomic mass is 9.87. The Balaban J connectivity index is 1.56. The Morgan fingerprint density at radius 3 is 2.71 bits per heavy atom. The van der Waals surface area contributed by atoms with Gasteiger partial charge in [0.2, 0.25) is 0 Å². The van der Waals surface area contributed by atoms with Gasteiger partial charge in [-0.25, -0.2) is 9.78 Å². The Hall–Kier alpha value is -1.14. The number of alkyl carbamates (subject to hydrolysis) is 1. The van der Waals surface area contributed by atoms with Crippen molar-refractivity contribution >= 4 is 17.4 Å². The van der Waals surface area contributed by atoms with Gasteiger partial charge in [0.05, 0.1) is 10.7 Å². The van der Waals surface area contributed by atoms with Crippen molar-refractivity contribution in [2.45, 2.75) is 64.6 Å². The summed E-state index contributed by atoms with van der Waals surface area (Å²) in [5.74, 6) is 0. The number of carbonyl (C=O) groups is 1. The zero-order valence-electron chi connectivity index (χ0n) is 13.2. The van der Waals surface area contributed by atoms with Gasteiger partial charge >= 0.3 is 6.09 Å². The molecule has 0 unspecified atom stereocenters. The number of amides is 1. The fourth-order valence-electron chi connectivity index (χ4n) is 2.30. The third-order valence-corrected chi connectivity index (χ3v) is 4.16. The highest BCUT2D eigenvalue weighted by Gasteiger charge is 2.31. The minimum atomic E-state index is -0.433. The highest BCUT2D eigenvalue weighted by atomic mass is 32.1. The van der Waals surface area contributed by atoms with E-state index in [1.165, 1.54) is 0 Å². The molecule has 6 heteroatoms. The molecule has 118 valence electrons. The van der Waals surface area contributed by atoms with Crippen LogP contribution >= 0.6 is 11.3 Å². The first-order valence-electron chi connectivity index (χ1n) is 7.46. The topological polar surface area (TPSA) is 63.2 Å². The zero-order valence-corrected chi connectivity index (χ0v) is 14.0. The summed E-state index contributed by atoms with van der Waals surface area (Å²) in [6.07, 6.45) is 2.58. The minimum Gasteiger partial charge on any atom is -0.444 e. The third-order valence-electron chi connectivity index (χ3n) is 3.34. The van der Waals surface area contributed by atoms with Crippen LogP contribution in [0.3, 0.4) is 0 Å². The van der Waals surface area contributed by atoms with Gasteiger partial charge in [-0.1, -0.05) is 0 Å². The van der Waals surface area contributed by atoms with Crippen LogP contribution in [0.25, 0.3) is 0 Å². The monoisotopic (exact) mass is 311 g/mol. The summed E-state index contributed by atoms with van der Waals surface area (Å²) in [4.78, 5) is 16.1. The van der Waals surface area contributed by atoms with E-state index in [9.17, 15) is 4.79 Å². The predicted molar refractivity (Wildman–Crippen MR) is 84.7 cm³/mol. The molecule has 21 heavy (non-hydrogen) atoms. The fraction of sp³-hybridized carbons (Fsp3) is 0.733. The number of aryl methyl sites for hydroxylation is 1. The maximum absolute atomic E-state index is 11.6. The molecular formula is C15H25N3O2S. The summed E-state index contributed by atoms with van der Waals surface area (Å²) in [7, 11) is 0. The molecule has 1 aromatic rings. The van der Waals surface area contributed by atoms with Crippen LogP contribution in [0, 0.1) is 6.92 Å². The van der Waals surface area contributed by atoms with Gasteiger partial charge in [-0.2, -0.15) is 0 Å². The van der Waals surface area contributed by atoms with Gasteiger partial charge in [-0.3, -0.25) is 0 Å². The van der Waals surface area contributed by atoms with Crippen LogP contribution in [0.1, 0.15) is 44.3 Å². The molecule has 1 aromatic heterocycles. The molecule has 1 heterocycles. The lowest BCUT2D eigenvalue weighted by Crippen LogP contribution is -2.53. The second-order valence-electron chi connectivity index (χ2n) is 6.57. The maximum atomic E-state index is 11.6. The number of aromatic nitrogens is 1. The van der Waals surface area contributed by atoms with Crippen molar-refractivity contribution in [2.75, 3.05) is 6.54 Å². The summed E-state index contributed by atoms with van der Waals surface area (Å²) in [6.45, 7) is 8.58. The number of carbonyl (C=O) groups excluding carboxylic acids is 1. The lowest BCUT2D eigenvalue weighted by molar-refractivity contribution is 0.0465. The van der Waals surface area contributed by atoms with Crippen LogP contribution in [-0.2, 0) is 11.2 Å². The van der Waals surface area contributed by atoms with Crippen molar-refractivity contribution < 1.29 is 9.53 Å². The highest BCUT2D eigenvalue weighted by Crippen LogP contribution is 2.20. The minimum absolute atomic E-state index is 0.235. The summed E-state index contributed by atoms with van der Waals surface area (Å²) >= 11 is 1.69. The smallest absolute Gasteiger partial charge is 0.407 e. The maximum Gasteiger partial charge on any atom is 0.407 e. The van der Waals surface area contributed by atoms with Crippen LogP contribution < -0.4 is 10.6 Å². The van der Waals surface area contributed by atoms with E-state index in [2.05, 4.69) is 21.0 Å². The first kappa shape index (κ1) is 16.2. The van der Waals surface area contributed by atoms with E-state index in [0.717, 1.165) is 36.5 Å². The molecule has 0 spiro atoms. The first-order valence-corrected chi connectivity index (χ1v) is 8.34. The van der Waals surface area contributed by atoms with Gasteiger partial charge in [0, 0.05) is 30.4 Å². The summed E-state index contributed by atoms with van der Waals surface area (Å²) in [6, 6.07) is 0.725. The van der Waals surface area contributed by atoms with Crippen molar-refractivity contribution in [3.63, 3.8) is 0 Å². The Morgan fingerprint density at radius 2 is 2.14 bits per heavy atom. The van der Waals surface area contributed by atoms with E-state index in [-0.39, 0.29) is 12.1 Å². The Morgan fingerprint density at radius 1 is 1.43 bits per heavy atom. The molecule has 5 nitrogen and oxygen atoms in total. The summed E-state index contributed by atoms with van der Waals surface area (Å²) in [5, 5.41) is 9.64. The summed E-state index contributed by atoms with van der Waals surface area (Å²) < 4.78 is 5.24. The molecular weight excluding hydrogens is 286 g/mol. The number of hydrogen-bond donors (Lipinski definition) is 2. The molecule has 1 aliphatic rings. The van der Waals surface area contributed by atoms with Gasteiger partial charge in [0.15, 0.2) is 0 Å². The van der Waals surface area contributed by atoms with Crippen LogP contribution in [0.4, 0.5) is 4.79 Å². The summed E-state index contributed by atoms with van der Waals surface area (Å²) in [5.41, 5.74) is 0.727. The number of nitrogens with zero attached hydrogens (tertiary/aromatic N) is 1. The largest absolute Gasteiger partial charge is 0.444 e. The van der Waals surface area contributed by atoms with Crippen LogP contribution in [-0.4, -0.2) is 35.3 Å². The average molecular weight is 311 g/mol. The number of ether oxygens (including phenoxy) is 1. The van der Waals surface area contributed by atoms with E-state index in [1.807, 2.05) is 27.7 Å². The van der Waals surface area contributed by atoms with E-state index in [1.54, 1.807) is 11.3 Å². The van der Waals surface area contributed by atoms with Crippen LogP contribution in [0.15, 0.2) is 5.38 Å². The van der Waals surface area contributed by atoms with Gasteiger partial charge in [-0.05, 0) is 40.5 Å². The third kappa shape index (κ3) is 5.63. The van der Waals surface area contributed by atoms with Gasteiger partial charge in [0.25, 0.3) is 0 Å². The normalized spacial score (nSPS) is 21.7. The van der Waals surface area contributed by atoms with E-state index >= 15 is 0 Å². The Bertz CT molecular complexity index is 476. The second kappa shape index (κ2) is 6.75. The molecule has 1 fully saturated rings. The Kier molecular flexibility index (Phi) is 5.22. The van der Waals surface area contributed by atoms with Crippen LogP contribution in [0.2, 0.25) is 0 Å². The highest BCUT2D eigenvalue weighted by molar-refractivity contribution is 7.09. The molecule has 0 aromatic carbocycles. The molecule has 0 atom stereocenters. The van der Waals surface area contributed by atoms with Crippen molar-refractivity contribution in [2.24, 2.45) is 0 Å². The molecule has 0 aliphatic heterocycles. The van der Waals surface area contributed by atoms with E-state index in [4.69, 9.17) is 4.74 Å². The molecule has 0 radical (unpaired) electrons. The Labute approximate surface area is 130 Å². The predicted octanol–water partition coefficient (Wildman–Crippen LogP) is 2.64. The number of nitrogens with one attached hydrogen (secondary N) is 2. The van der Waals surface area contributed by atoms with Crippen LogP contribution in [0.5, 0.6) is 0 Å². The molecule has 1 aliphatic carbocycles. The zero-order chi connectivity index (χ0) is 15.5. The molecule has 0 bridgehead atoms. The van der Waals surface area contributed by atoms with Crippen molar-refractivity contribution in [1.82, 2.24) is 15.6 Å². The number of rotatable bonds is 5. The van der Waals surface area contributed by atoms with E-state index < -0.39 is 5.60 Å². The molecule has 2 N–H and O–H groups in total.